The monoisotopic (exact) mass is 260 g/mol. The third kappa shape index (κ3) is 3.64. The van der Waals surface area contributed by atoms with Crippen molar-refractivity contribution in [3.8, 4) is 23.0 Å². The highest BCUT2D eigenvalue weighted by Crippen LogP contribution is 2.31. The summed E-state index contributed by atoms with van der Waals surface area (Å²) < 4.78 is 10.7. The fourth-order valence-corrected chi connectivity index (χ4v) is 1.43. The van der Waals surface area contributed by atoms with E-state index in [4.69, 9.17) is 14.6 Å². The fraction of sp³-hybridized carbons (Fsp3) is 0.0714. The molecule has 19 heavy (non-hydrogen) atoms. The van der Waals surface area contributed by atoms with Crippen molar-refractivity contribution >= 4 is 5.97 Å². The molecule has 0 spiro atoms. The molecule has 0 saturated heterocycles. The Morgan fingerprint density at radius 1 is 1.00 bits per heavy atom. The summed E-state index contributed by atoms with van der Waals surface area (Å²) in [7, 11) is 0. The van der Waals surface area contributed by atoms with Gasteiger partial charge in [-0.3, -0.25) is 0 Å². The van der Waals surface area contributed by atoms with Crippen molar-refractivity contribution in [2.45, 2.75) is 0 Å². The van der Waals surface area contributed by atoms with Crippen molar-refractivity contribution in [2.75, 3.05) is 6.61 Å². The second kappa shape index (κ2) is 5.77. The lowest BCUT2D eigenvalue weighted by molar-refractivity contribution is -0.139. The van der Waals surface area contributed by atoms with Crippen molar-refractivity contribution < 1.29 is 24.5 Å². The van der Waals surface area contributed by atoms with Crippen LogP contribution in [0.1, 0.15) is 0 Å². The van der Waals surface area contributed by atoms with Gasteiger partial charge < -0.3 is 19.7 Å². The average molecular weight is 260 g/mol. The van der Waals surface area contributed by atoms with Crippen LogP contribution < -0.4 is 9.47 Å². The van der Waals surface area contributed by atoms with Crippen molar-refractivity contribution in [2.24, 2.45) is 0 Å². The molecule has 0 saturated carbocycles. The number of aromatic hydroxyl groups is 1. The number of carboxylic acid groups (broad SMARTS) is 1. The van der Waals surface area contributed by atoms with E-state index in [0.29, 0.717) is 17.2 Å². The lowest BCUT2D eigenvalue weighted by atomic mass is 10.3. The van der Waals surface area contributed by atoms with Crippen molar-refractivity contribution in [1.29, 1.82) is 0 Å². The molecule has 0 fully saturated rings. The zero-order chi connectivity index (χ0) is 13.7. The predicted octanol–water partition coefficient (Wildman–Crippen LogP) is 2.65. The zero-order valence-electron chi connectivity index (χ0n) is 9.95. The summed E-state index contributed by atoms with van der Waals surface area (Å²) in [6, 6.07) is 13.0. The Morgan fingerprint density at radius 3 is 2.26 bits per heavy atom. The first-order valence-corrected chi connectivity index (χ1v) is 5.55. The van der Waals surface area contributed by atoms with Crippen LogP contribution in [0.25, 0.3) is 0 Å². The number of carboxylic acids is 1. The molecular weight excluding hydrogens is 248 g/mol. The van der Waals surface area contributed by atoms with Gasteiger partial charge in [0.1, 0.15) is 11.5 Å². The molecular formula is C14H12O5. The van der Waals surface area contributed by atoms with Crippen LogP contribution >= 0.6 is 0 Å². The van der Waals surface area contributed by atoms with Crippen molar-refractivity contribution in [1.82, 2.24) is 0 Å². The molecule has 5 nitrogen and oxygen atoms in total. The van der Waals surface area contributed by atoms with Crippen LogP contribution in [-0.4, -0.2) is 22.8 Å². The molecule has 0 radical (unpaired) electrons. The minimum atomic E-state index is -1.06. The van der Waals surface area contributed by atoms with Gasteiger partial charge >= 0.3 is 5.97 Å². The Hall–Kier alpha value is -2.69. The molecule has 98 valence electrons. The minimum absolute atomic E-state index is 0.141. The number of rotatable bonds is 5. The molecule has 0 amide bonds. The molecule has 0 bridgehead atoms. The van der Waals surface area contributed by atoms with Gasteiger partial charge in [-0.05, 0) is 36.4 Å². The van der Waals surface area contributed by atoms with Crippen molar-refractivity contribution in [3.05, 3.63) is 48.5 Å². The highest BCUT2D eigenvalue weighted by Gasteiger charge is 2.07. The Labute approximate surface area is 109 Å². The van der Waals surface area contributed by atoms with E-state index in [-0.39, 0.29) is 5.75 Å². The van der Waals surface area contributed by atoms with E-state index in [0.717, 1.165) is 0 Å². The quantitative estimate of drug-likeness (QED) is 0.864. The summed E-state index contributed by atoms with van der Waals surface area (Å²) in [6.07, 6.45) is 0. The number of benzene rings is 2. The molecule has 0 aliphatic carbocycles. The lowest BCUT2D eigenvalue weighted by Crippen LogP contribution is -2.09. The highest BCUT2D eigenvalue weighted by atomic mass is 16.5. The first kappa shape index (κ1) is 12.8. The second-order valence-corrected chi connectivity index (χ2v) is 3.73. The van der Waals surface area contributed by atoms with Crippen LogP contribution in [0.15, 0.2) is 48.5 Å². The van der Waals surface area contributed by atoms with Gasteiger partial charge in [-0.25, -0.2) is 4.79 Å². The number of aliphatic carboxylic acids is 1. The van der Waals surface area contributed by atoms with Crippen LogP contribution in [0, 0.1) is 0 Å². The van der Waals surface area contributed by atoms with Gasteiger partial charge in [-0.2, -0.15) is 0 Å². The Balaban J connectivity index is 2.15. The fourth-order valence-electron chi connectivity index (χ4n) is 1.43. The van der Waals surface area contributed by atoms with E-state index >= 15 is 0 Å². The van der Waals surface area contributed by atoms with E-state index in [2.05, 4.69) is 0 Å². The molecule has 0 unspecified atom stereocenters. The van der Waals surface area contributed by atoms with Crippen LogP contribution in [-0.2, 0) is 4.79 Å². The van der Waals surface area contributed by atoms with E-state index in [1.54, 1.807) is 36.4 Å². The largest absolute Gasteiger partial charge is 0.508 e. The van der Waals surface area contributed by atoms with Crippen LogP contribution in [0.5, 0.6) is 23.0 Å². The Bertz CT molecular complexity index is 562. The van der Waals surface area contributed by atoms with Gasteiger partial charge in [0, 0.05) is 0 Å². The predicted molar refractivity (Wildman–Crippen MR) is 67.8 cm³/mol. The SMILES string of the molecule is O=C(O)COc1ccccc1Oc1ccc(O)cc1. The first-order valence-electron chi connectivity index (χ1n) is 5.55. The summed E-state index contributed by atoms with van der Waals surface area (Å²) in [5.74, 6) is 0.360. The number of ether oxygens (including phenoxy) is 2. The maximum Gasteiger partial charge on any atom is 0.341 e. The molecule has 0 heterocycles. The lowest BCUT2D eigenvalue weighted by Gasteiger charge is -2.11. The second-order valence-electron chi connectivity index (χ2n) is 3.73. The van der Waals surface area contributed by atoms with Crippen LogP contribution in [0.3, 0.4) is 0 Å². The average Bonchev–Trinajstić information content (AvgIpc) is 2.40. The van der Waals surface area contributed by atoms with Gasteiger partial charge in [0.05, 0.1) is 0 Å². The highest BCUT2D eigenvalue weighted by molar-refractivity contribution is 5.68. The molecule has 2 aromatic carbocycles. The number of carbonyl (C=O) groups is 1. The number of phenolic OH excluding ortho intramolecular Hbond substituents is 1. The smallest absolute Gasteiger partial charge is 0.341 e. The van der Waals surface area contributed by atoms with E-state index in [1.165, 1.54) is 12.1 Å². The number of hydrogen-bond acceptors (Lipinski definition) is 4. The molecule has 5 heteroatoms. The summed E-state index contributed by atoms with van der Waals surface area (Å²) >= 11 is 0. The topological polar surface area (TPSA) is 76.0 Å². The van der Waals surface area contributed by atoms with E-state index in [9.17, 15) is 9.90 Å². The first-order chi connectivity index (χ1) is 9.15. The van der Waals surface area contributed by atoms with Gasteiger partial charge in [-0.15, -0.1) is 0 Å². The normalized spacial score (nSPS) is 9.89. The Morgan fingerprint density at radius 2 is 1.63 bits per heavy atom. The standard InChI is InChI=1S/C14H12O5/c15-10-5-7-11(8-6-10)19-13-4-2-1-3-12(13)18-9-14(16)17/h1-8,15H,9H2,(H,16,17). The molecule has 0 aliphatic rings. The third-order valence-corrected chi connectivity index (χ3v) is 2.26. The summed E-state index contributed by atoms with van der Waals surface area (Å²) in [5.41, 5.74) is 0. The van der Waals surface area contributed by atoms with E-state index in [1.807, 2.05) is 0 Å². The summed E-state index contributed by atoms with van der Waals surface area (Å²) in [6.45, 7) is -0.435. The number of para-hydroxylation sites is 2. The van der Waals surface area contributed by atoms with Gasteiger partial charge in [0.25, 0.3) is 0 Å². The molecule has 0 atom stereocenters. The maximum atomic E-state index is 10.5. The van der Waals surface area contributed by atoms with Crippen LogP contribution in [0.2, 0.25) is 0 Å². The molecule has 2 aromatic rings. The van der Waals surface area contributed by atoms with Gasteiger partial charge in [0.2, 0.25) is 0 Å². The number of phenols is 1. The van der Waals surface area contributed by atoms with Gasteiger partial charge in [0.15, 0.2) is 18.1 Å². The molecule has 0 aromatic heterocycles. The molecule has 0 aliphatic heterocycles. The molecule has 2 rings (SSSR count). The van der Waals surface area contributed by atoms with Crippen LogP contribution in [0.4, 0.5) is 0 Å². The van der Waals surface area contributed by atoms with E-state index < -0.39 is 12.6 Å². The summed E-state index contributed by atoms with van der Waals surface area (Å²) in [4.78, 5) is 10.5. The third-order valence-electron chi connectivity index (χ3n) is 2.26. The summed E-state index contributed by atoms with van der Waals surface area (Å²) in [5, 5.41) is 17.8. The number of hydrogen-bond donors (Lipinski definition) is 2. The maximum absolute atomic E-state index is 10.5. The zero-order valence-corrected chi connectivity index (χ0v) is 9.95. The van der Waals surface area contributed by atoms with Crippen molar-refractivity contribution in [3.63, 3.8) is 0 Å². The Kier molecular flexibility index (Phi) is 3.87. The minimum Gasteiger partial charge on any atom is -0.508 e. The van der Waals surface area contributed by atoms with Gasteiger partial charge in [-0.1, -0.05) is 12.1 Å². The molecule has 2 N–H and O–H groups in total.